The van der Waals surface area contributed by atoms with E-state index in [2.05, 4.69) is 0 Å². The number of aliphatic hydroxyl groups excluding tert-OH is 1. The predicted octanol–water partition coefficient (Wildman–Crippen LogP) is 5.86. The second-order valence-corrected chi connectivity index (χ2v) is 8.82. The van der Waals surface area contributed by atoms with Crippen LogP contribution in [0.15, 0.2) is 60.7 Å². The lowest BCUT2D eigenvalue weighted by atomic mass is 9.96. The van der Waals surface area contributed by atoms with E-state index in [4.69, 9.17) is 11.6 Å². The SMILES string of the molecule is Cc1ccccc1C(=O)Cc1ccc(C(=O)N2CCCC(O)c3cc(Cl)ccc32)c(C)c1. The Hall–Kier alpha value is -2.95. The minimum absolute atomic E-state index is 0.0638. The Kier molecular flexibility index (Phi) is 6.45. The van der Waals surface area contributed by atoms with Crippen LogP contribution in [0, 0.1) is 13.8 Å². The van der Waals surface area contributed by atoms with Crippen molar-refractivity contribution in [3.63, 3.8) is 0 Å². The lowest BCUT2D eigenvalue weighted by molar-refractivity contribution is 0.0982. The summed E-state index contributed by atoms with van der Waals surface area (Å²) in [5.41, 5.74) is 5.36. The minimum Gasteiger partial charge on any atom is -0.388 e. The van der Waals surface area contributed by atoms with Gasteiger partial charge in [0.25, 0.3) is 5.91 Å². The molecule has 3 aromatic carbocycles. The summed E-state index contributed by atoms with van der Waals surface area (Å²) < 4.78 is 0. The molecule has 1 N–H and O–H groups in total. The molecule has 1 aliphatic heterocycles. The Bertz CT molecular complexity index is 1190. The third kappa shape index (κ3) is 4.47. The van der Waals surface area contributed by atoms with Gasteiger partial charge in [-0.15, -0.1) is 0 Å². The smallest absolute Gasteiger partial charge is 0.258 e. The van der Waals surface area contributed by atoms with E-state index >= 15 is 0 Å². The molecule has 0 spiro atoms. The molecule has 0 saturated carbocycles. The number of hydrogen-bond donors (Lipinski definition) is 1. The van der Waals surface area contributed by atoms with Gasteiger partial charge in [0.15, 0.2) is 5.78 Å². The third-order valence-corrected chi connectivity index (χ3v) is 6.31. The van der Waals surface area contributed by atoms with E-state index in [1.807, 2.05) is 50.2 Å². The van der Waals surface area contributed by atoms with Gasteiger partial charge in [-0.05, 0) is 67.6 Å². The number of aliphatic hydroxyl groups is 1. The average molecular weight is 448 g/mol. The number of carbonyl (C=O) groups excluding carboxylic acids is 2. The fraction of sp³-hybridized carbons (Fsp3) is 0.259. The summed E-state index contributed by atoms with van der Waals surface area (Å²) in [6, 6.07) is 18.4. The van der Waals surface area contributed by atoms with Crippen LogP contribution >= 0.6 is 11.6 Å². The molecule has 0 radical (unpaired) electrons. The first kappa shape index (κ1) is 22.3. The van der Waals surface area contributed by atoms with Crippen LogP contribution in [0.4, 0.5) is 5.69 Å². The van der Waals surface area contributed by atoms with Crippen molar-refractivity contribution in [2.75, 3.05) is 11.4 Å². The van der Waals surface area contributed by atoms with Crippen LogP contribution in [0.25, 0.3) is 0 Å². The molecule has 32 heavy (non-hydrogen) atoms. The van der Waals surface area contributed by atoms with Crippen molar-refractivity contribution in [2.45, 2.75) is 39.2 Å². The molecule has 5 heteroatoms. The molecule has 1 atom stereocenters. The van der Waals surface area contributed by atoms with E-state index in [9.17, 15) is 14.7 Å². The van der Waals surface area contributed by atoms with Gasteiger partial charge in [0, 0.05) is 40.4 Å². The van der Waals surface area contributed by atoms with E-state index in [0.29, 0.717) is 41.2 Å². The highest BCUT2D eigenvalue weighted by Crippen LogP contribution is 2.35. The highest BCUT2D eigenvalue weighted by atomic mass is 35.5. The molecule has 0 bridgehead atoms. The number of nitrogens with zero attached hydrogens (tertiary/aromatic N) is 1. The highest BCUT2D eigenvalue weighted by Gasteiger charge is 2.27. The molecule has 1 amide bonds. The fourth-order valence-corrected chi connectivity index (χ4v) is 4.54. The lowest BCUT2D eigenvalue weighted by Gasteiger charge is -2.24. The molecule has 0 saturated heterocycles. The van der Waals surface area contributed by atoms with Crippen molar-refractivity contribution in [3.05, 3.63) is 99.1 Å². The first-order valence-electron chi connectivity index (χ1n) is 10.8. The average Bonchev–Trinajstić information content (AvgIpc) is 2.92. The van der Waals surface area contributed by atoms with Crippen molar-refractivity contribution < 1.29 is 14.7 Å². The lowest BCUT2D eigenvalue weighted by Crippen LogP contribution is -2.32. The second-order valence-electron chi connectivity index (χ2n) is 8.38. The second kappa shape index (κ2) is 9.27. The summed E-state index contributed by atoms with van der Waals surface area (Å²) in [5.74, 6) is -0.0501. The molecule has 1 heterocycles. The molecule has 0 aliphatic carbocycles. The fourth-order valence-electron chi connectivity index (χ4n) is 4.36. The number of anilines is 1. The third-order valence-electron chi connectivity index (χ3n) is 6.08. The molecule has 3 aromatic rings. The number of benzene rings is 3. The minimum atomic E-state index is -0.641. The Morgan fingerprint density at radius 3 is 2.53 bits per heavy atom. The van der Waals surface area contributed by atoms with Gasteiger partial charge in [0.1, 0.15) is 0 Å². The van der Waals surface area contributed by atoms with Gasteiger partial charge in [0.2, 0.25) is 0 Å². The van der Waals surface area contributed by atoms with Gasteiger partial charge in [0.05, 0.1) is 6.10 Å². The summed E-state index contributed by atoms with van der Waals surface area (Å²) >= 11 is 6.14. The van der Waals surface area contributed by atoms with Crippen LogP contribution in [-0.4, -0.2) is 23.3 Å². The molecule has 4 nitrogen and oxygen atoms in total. The van der Waals surface area contributed by atoms with E-state index in [-0.39, 0.29) is 18.1 Å². The number of rotatable bonds is 4. The summed E-state index contributed by atoms with van der Waals surface area (Å²) in [6.07, 6.45) is 0.923. The maximum atomic E-state index is 13.5. The van der Waals surface area contributed by atoms with Gasteiger partial charge in [-0.25, -0.2) is 0 Å². The molecule has 164 valence electrons. The first-order valence-corrected chi connectivity index (χ1v) is 11.2. The standard InChI is InChI=1S/C27H26ClNO3/c1-17-6-3-4-7-21(17)26(31)15-19-9-11-22(18(2)14-19)27(32)29-13-5-8-25(30)23-16-20(28)10-12-24(23)29/h3-4,6-7,9-12,14,16,25,30H,5,8,13,15H2,1-2H3. The van der Waals surface area contributed by atoms with Crippen LogP contribution in [-0.2, 0) is 6.42 Å². The maximum Gasteiger partial charge on any atom is 0.258 e. The monoisotopic (exact) mass is 447 g/mol. The number of carbonyl (C=O) groups is 2. The Morgan fingerprint density at radius 1 is 1.00 bits per heavy atom. The van der Waals surface area contributed by atoms with E-state index < -0.39 is 6.10 Å². The summed E-state index contributed by atoms with van der Waals surface area (Å²) in [6.45, 7) is 4.35. The number of ketones is 1. The Labute approximate surface area is 193 Å². The van der Waals surface area contributed by atoms with Gasteiger partial charge < -0.3 is 10.0 Å². The van der Waals surface area contributed by atoms with Crippen molar-refractivity contribution in [1.82, 2.24) is 0 Å². The van der Waals surface area contributed by atoms with Gasteiger partial charge in [-0.1, -0.05) is 48.0 Å². The van der Waals surface area contributed by atoms with Crippen molar-refractivity contribution in [1.29, 1.82) is 0 Å². The first-order chi connectivity index (χ1) is 15.3. The zero-order valence-electron chi connectivity index (χ0n) is 18.3. The van der Waals surface area contributed by atoms with Crippen molar-refractivity contribution in [3.8, 4) is 0 Å². The molecule has 4 rings (SSSR count). The molecular weight excluding hydrogens is 422 g/mol. The summed E-state index contributed by atoms with van der Waals surface area (Å²) in [5, 5.41) is 11.0. The number of hydrogen-bond acceptors (Lipinski definition) is 3. The molecule has 1 unspecified atom stereocenters. The quantitative estimate of drug-likeness (QED) is 0.510. The largest absolute Gasteiger partial charge is 0.388 e. The van der Waals surface area contributed by atoms with E-state index in [1.54, 1.807) is 29.2 Å². The predicted molar refractivity (Wildman–Crippen MR) is 128 cm³/mol. The molecule has 0 fully saturated rings. The molecular formula is C27H26ClNO3. The number of Topliss-reactive ketones (excluding diaryl/α,β-unsaturated/α-hetero) is 1. The number of fused-ring (bicyclic) bond motifs is 1. The Morgan fingerprint density at radius 2 is 1.78 bits per heavy atom. The number of halogens is 1. The number of aryl methyl sites for hydroxylation is 2. The van der Waals surface area contributed by atoms with Crippen molar-refractivity contribution in [2.24, 2.45) is 0 Å². The zero-order valence-corrected chi connectivity index (χ0v) is 19.0. The van der Waals surface area contributed by atoms with Crippen LogP contribution in [0.2, 0.25) is 5.02 Å². The summed E-state index contributed by atoms with van der Waals surface area (Å²) in [7, 11) is 0. The van der Waals surface area contributed by atoms with Crippen molar-refractivity contribution >= 4 is 29.0 Å². The van der Waals surface area contributed by atoms with Crippen LogP contribution in [0.1, 0.15) is 61.9 Å². The maximum absolute atomic E-state index is 13.5. The van der Waals surface area contributed by atoms with Gasteiger partial charge in [-0.3, -0.25) is 9.59 Å². The van der Waals surface area contributed by atoms with Crippen LogP contribution in [0.5, 0.6) is 0 Å². The molecule has 1 aliphatic rings. The van der Waals surface area contributed by atoms with Crippen LogP contribution < -0.4 is 4.90 Å². The normalized spacial score (nSPS) is 15.8. The van der Waals surface area contributed by atoms with Gasteiger partial charge >= 0.3 is 0 Å². The topological polar surface area (TPSA) is 57.6 Å². The van der Waals surface area contributed by atoms with E-state index in [1.165, 1.54) is 0 Å². The zero-order chi connectivity index (χ0) is 22.8. The highest BCUT2D eigenvalue weighted by molar-refractivity contribution is 6.30. The van der Waals surface area contributed by atoms with Gasteiger partial charge in [-0.2, -0.15) is 0 Å². The number of amides is 1. The van der Waals surface area contributed by atoms with E-state index in [0.717, 1.165) is 22.3 Å². The van der Waals surface area contributed by atoms with Crippen LogP contribution in [0.3, 0.4) is 0 Å². The Balaban J connectivity index is 1.60. The molecule has 0 aromatic heterocycles. The summed E-state index contributed by atoms with van der Waals surface area (Å²) in [4.78, 5) is 27.9.